The topological polar surface area (TPSA) is 84.3 Å². The Morgan fingerprint density at radius 1 is 1.24 bits per heavy atom. The number of halogens is 2. The molecule has 1 atom stereocenters. The van der Waals surface area contributed by atoms with E-state index in [1.54, 1.807) is 17.3 Å². The molecule has 0 radical (unpaired) electrons. The Bertz CT molecular complexity index is 1440. The average molecular weight is 579 g/mol. The number of imidazole rings is 1. The Morgan fingerprint density at radius 3 is 2.69 bits per heavy atom. The van der Waals surface area contributed by atoms with Crippen molar-refractivity contribution in [1.29, 1.82) is 0 Å². The second-order valence-electron chi connectivity index (χ2n) is 9.88. The van der Waals surface area contributed by atoms with Crippen molar-refractivity contribution < 1.29 is 22.7 Å². The van der Waals surface area contributed by atoms with E-state index in [9.17, 15) is 13.6 Å². The number of rotatable bonds is 11. The van der Waals surface area contributed by atoms with Crippen molar-refractivity contribution >= 4 is 11.5 Å². The second kappa shape index (κ2) is 15.7. The van der Waals surface area contributed by atoms with Gasteiger partial charge >= 0.3 is 0 Å². The lowest BCUT2D eigenvalue weighted by Crippen LogP contribution is -2.36. The van der Waals surface area contributed by atoms with Crippen LogP contribution in [0.2, 0.25) is 0 Å². The van der Waals surface area contributed by atoms with Gasteiger partial charge in [-0.25, -0.2) is 18.7 Å². The number of hydrogen-bond acceptors (Lipinski definition) is 5. The number of aromatic nitrogens is 3. The first-order valence-electron chi connectivity index (χ1n) is 14.3. The van der Waals surface area contributed by atoms with Gasteiger partial charge in [-0.1, -0.05) is 71.6 Å². The highest BCUT2D eigenvalue weighted by molar-refractivity contribution is 5.93. The minimum atomic E-state index is -0.846. The lowest BCUT2D eigenvalue weighted by molar-refractivity contribution is 0.0697. The zero-order valence-corrected chi connectivity index (χ0v) is 24.9. The number of amides is 1. The molecule has 1 aromatic carbocycles. The number of ether oxygens (including phenoxy) is 1. The number of nitrogens with zero attached hydrogens (tertiary/aromatic N) is 3. The van der Waals surface area contributed by atoms with Crippen molar-refractivity contribution in [3.05, 3.63) is 108 Å². The standard InChI is InChI=1S/C21H26N4O2.C12H14F2O/c1-4-7-8-10-15(9-5-2)20-24-16(6-3)19(27-20)21(26)25-12-11-17-18(13-25)23-14-22-17;1-4-8(3)11-10(15-5-2)7-6-9(13)12(11)14/h4,7-8,10,14H,1,5-6,9,11-13H2,2-3H3,(H,22,23);5-8H,2,4H2,1,3H3/b8-7-,15-10+;. The Kier molecular flexibility index (Phi) is 12.0. The van der Waals surface area contributed by atoms with Gasteiger partial charge in [0.05, 0.1) is 36.2 Å². The highest BCUT2D eigenvalue weighted by atomic mass is 19.2. The molecule has 224 valence electrons. The smallest absolute Gasteiger partial charge is 0.291 e. The van der Waals surface area contributed by atoms with E-state index in [0.29, 0.717) is 49.0 Å². The van der Waals surface area contributed by atoms with Crippen LogP contribution in [0, 0.1) is 11.6 Å². The van der Waals surface area contributed by atoms with Crippen LogP contribution in [0.3, 0.4) is 0 Å². The van der Waals surface area contributed by atoms with Crippen molar-refractivity contribution in [2.24, 2.45) is 0 Å². The summed E-state index contributed by atoms with van der Waals surface area (Å²) in [5.41, 5.74) is 4.00. The van der Waals surface area contributed by atoms with Crippen molar-refractivity contribution in [3.63, 3.8) is 0 Å². The van der Waals surface area contributed by atoms with Gasteiger partial charge < -0.3 is 19.0 Å². The minimum absolute atomic E-state index is 0.0874. The van der Waals surface area contributed by atoms with E-state index in [-0.39, 0.29) is 17.4 Å². The van der Waals surface area contributed by atoms with Gasteiger partial charge in [-0.2, -0.15) is 0 Å². The van der Waals surface area contributed by atoms with Crippen molar-refractivity contribution in [1.82, 2.24) is 19.9 Å². The third kappa shape index (κ3) is 7.72. The summed E-state index contributed by atoms with van der Waals surface area (Å²) < 4.78 is 37.6. The maximum Gasteiger partial charge on any atom is 0.291 e. The van der Waals surface area contributed by atoms with Crippen LogP contribution in [0.5, 0.6) is 5.75 Å². The van der Waals surface area contributed by atoms with Crippen LogP contribution in [0.15, 0.2) is 66.6 Å². The molecule has 3 aromatic rings. The molecule has 1 N–H and O–H groups in total. The van der Waals surface area contributed by atoms with Crippen molar-refractivity contribution in [2.75, 3.05) is 6.54 Å². The van der Waals surface area contributed by atoms with Crippen LogP contribution in [0.1, 0.15) is 92.0 Å². The van der Waals surface area contributed by atoms with Crippen LogP contribution in [0.25, 0.3) is 5.57 Å². The zero-order valence-electron chi connectivity index (χ0n) is 24.9. The maximum absolute atomic E-state index is 13.5. The SMILES string of the molecule is C=C/C=C\C=C(/CCC)c1nc(CC)c(C(=O)N2CCc3nc[nH]c3C2)o1.C=COc1ccc(F)c(F)c1C(C)CC. The number of nitrogens with one attached hydrogen (secondary N) is 1. The van der Waals surface area contributed by atoms with Gasteiger partial charge in [0.15, 0.2) is 11.6 Å². The highest BCUT2D eigenvalue weighted by Gasteiger charge is 2.29. The second-order valence-corrected chi connectivity index (χ2v) is 9.88. The maximum atomic E-state index is 13.5. The van der Waals surface area contributed by atoms with Gasteiger partial charge in [-0.3, -0.25) is 4.79 Å². The Morgan fingerprint density at radius 2 is 2.02 bits per heavy atom. The van der Waals surface area contributed by atoms with Gasteiger partial charge in [0, 0.05) is 24.1 Å². The van der Waals surface area contributed by atoms with Crippen molar-refractivity contribution in [3.8, 4) is 5.75 Å². The number of allylic oxidation sites excluding steroid dienone is 5. The van der Waals surface area contributed by atoms with Crippen molar-refractivity contribution in [2.45, 2.75) is 72.3 Å². The number of carbonyl (C=O) groups is 1. The van der Waals surface area contributed by atoms with E-state index < -0.39 is 11.6 Å². The molecule has 9 heteroatoms. The predicted octanol–water partition coefficient (Wildman–Crippen LogP) is 8.08. The normalized spacial score (nSPS) is 13.8. The van der Waals surface area contributed by atoms with Gasteiger partial charge in [-0.15, -0.1) is 0 Å². The van der Waals surface area contributed by atoms with E-state index in [1.165, 1.54) is 12.3 Å². The average Bonchev–Trinajstić information content (AvgIpc) is 3.65. The van der Waals surface area contributed by atoms with E-state index >= 15 is 0 Å². The third-order valence-corrected chi connectivity index (χ3v) is 7.04. The van der Waals surface area contributed by atoms with E-state index in [2.05, 4.69) is 35.0 Å². The van der Waals surface area contributed by atoms with Gasteiger partial charge in [0.2, 0.25) is 11.7 Å². The van der Waals surface area contributed by atoms with E-state index in [0.717, 1.165) is 42.3 Å². The number of H-pyrrole nitrogens is 1. The molecular weight excluding hydrogens is 538 g/mol. The molecule has 1 aliphatic heterocycles. The molecule has 7 nitrogen and oxygen atoms in total. The van der Waals surface area contributed by atoms with Crippen LogP contribution in [-0.4, -0.2) is 32.3 Å². The first kappa shape index (κ1) is 32.2. The number of hydrogen-bond donors (Lipinski definition) is 1. The summed E-state index contributed by atoms with van der Waals surface area (Å²) in [7, 11) is 0. The van der Waals surface area contributed by atoms with E-state index in [4.69, 9.17) is 9.15 Å². The predicted molar refractivity (Wildman–Crippen MR) is 161 cm³/mol. The molecule has 4 rings (SSSR count). The molecule has 2 aromatic heterocycles. The molecule has 0 saturated carbocycles. The number of aromatic amines is 1. The summed E-state index contributed by atoms with van der Waals surface area (Å²) >= 11 is 0. The molecule has 1 amide bonds. The summed E-state index contributed by atoms with van der Waals surface area (Å²) in [6.07, 6.45) is 14.3. The lowest BCUT2D eigenvalue weighted by Gasteiger charge is -2.25. The Balaban J connectivity index is 0.000000274. The molecular formula is C33H40F2N4O3. The van der Waals surface area contributed by atoms with Crippen LogP contribution >= 0.6 is 0 Å². The fourth-order valence-electron chi connectivity index (χ4n) is 4.61. The van der Waals surface area contributed by atoms with Crippen LogP contribution < -0.4 is 4.74 Å². The quantitative estimate of drug-likeness (QED) is 0.184. The van der Waals surface area contributed by atoms with E-state index in [1.807, 2.05) is 39.0 Å². The summed E-state index contributed by atoms with van der Waals surface area (Å²) in [6, 6.07) is 2.47. The molecule has 0 aliphatic carbocycles. The summed E-state index contributed by atoms with van der Waals surface area (Å²) in [4.78, 5) is 26.9. The monoisotopic (exact) mass is 578 g/mol. The Hall–Kier alpha value is -4.27. The summed E-state index contributed by atoms with van der Waals surface area (Å²) in [5.74, 6) is -0.655. The molecule has 0 spiro atoms. The molecule has 0 saturated heterocycles. The fraction of sp³-hybridized carbons (Fsp3) is 0.364. The van der Waals surface area contributed by atoms with Gasteiger partial charge in [0.25, 0.3) is 5.91 Å². The largest absolute Gasteiger partial charge is 0.465 e. The molecule has 0 bridgehead atoms. The van der Waals surface area contributed by atoms with Crippen LogP contribution in [-0.2, 0) is 19.4 Å². The number of aryl methyl sites for hydroxylation is 1. The molecule has 1 aliphatic rings. The summed E-state index contributed by atoms with van der Waals surface area (Å²) in [6.45, 7) is 16.1. The third-order valence-electron chi connectivity index (χ3n) is 7.04. The molecule has 3 heterocycles. The molecule has 1 unspecified atom stereocenters. The number of oxazole rings is 1. The molecule has 42 heavy (non-hydrogen) atoms. The first-order valence-corrected chi connectivity index (χ1v) is 14.3. The molecule has 0 fully saturated rings. The van der Waals surface area contributed by atoms with Gasteiger partial charge in [0.1, 0.15) is 5.75 Å². The number of benzene rings is 1. The van der Waals surface area contributed by atoms with Gasteiger partial charge in [-0.05, 0) is 37.3 Å². The first-order chi connectivity index (χ1) is 20.3. The number of carbonyl (C=O) groups excluding carboxylic acids is 1. The fourth-order valence-corrected chi connectivity index (χ4v) is 4.61. The highest BCUT2D eigenvalue weighted by Crippen LogP contribution is 2.32. The minimum Gasteiger partial charge on any atom is -0.465 e. The zero-order chi connectivity index (χ0) is 30.6. The lowest BCUT2D eigenvalue weighted by atomic mass is 9.97. The van der Waals surface area contributed by atoms with Crippen LogP contribution in [0.4, 0.5) is 8.78 Å². The number of fused-ring (bicyclic) bond motifs is 1. The summed E-state index contributed by atoms with van der Waals surface area (Å²) in [5, 5.41) is 0. The Labute approximate surface area is 246 Å².